The van der Waals surface area contributed by atoms with Crippen molar-refractivity contribution in [3.05, 3.63) is 64.7 Å². The van der Waals surface area contributed by atoms with Crippen LogP contribution in [0.1, 0.15) is 16.5 Å². The zero-order valence-corrected chi connectivity index (χ0v) is 14.6. The lowest BCUT2D eigenvalue weighted by Gasteiger charge is -2.27. The molecule has 0 radical (unpaired) electrons. The Hall–Kier alpha value is -1.23. The molecule has 1 N–H and O–H groups in total. The molecule has 1 unspecified atom stereocenters. The third kappa shape index (κ3) is 3.57. The van der Waals surface area contributed by atoms with E-state index in [1.165, 1.54) is 11.1 Å². The van der Waals surface area contributed by atoms with E-state index in [9.17, 15) is 0 Å². The molecule has 3 rings (SSSR count). The van der Waals surface area contributed by atoms with E-state index in [1.54, 1.807) is 0 Å². The number of nitrogens with one attached hydrogen (secondary N) is 1. The van der Waals surface area contributed by atoms with Gasteiger partial charge in [-0.15, -0.1) is 11.8 Å². The molecule has 5 heteroatoms. The van der Waals surface area contributed by atoms with Crippen molar-refractivity contribution >= 4 is 46.4 Å². The number of rotatable bonds is 2. The molecule has 1 fully saturated rings. The lowest BCUT2D eigenvalue weighted by molar-refractivity contribution is 0.458. The summed E-state index contributed by atoms with van der Waals surface area (Å²) in [6, 6.07) is 16.3. The quantitative estimate of drug-likeness (QED) is 0.760. The molecular formula is C17H17ClN2S2. The highest BCUT2D eigenvalue weighted by Gasteiger charge is 2.28. The molecular weight excluding hydrogens is 332 g/mol. The Morgan fingerprint density at radius 1 is 1.18 bits per heavy atom. The van der Waals surface area contributed by atoms with Crippen molar-refractivity contribution in [3.8, 4) is 0 Å². The monoisotopic (exact) mass is 348 g/mol. The maximum Gasteiger partial charge on any atom is 0.174 e. The summed E-state index contributed by atoms with van der Waals surface area (Å²) < 4.78 is 0. The van der Waals surface area contributed by atoms with Crippen LogP contribution in [0.4, 0.5) is 5.69 Å². The van der Waals surface area contributed by atoms with Crippen LogP contribution in [0.2, 0.25) is 5.02 Å². The SMILES string of the molecule is Cc1ccc(NC(=S)N2CCSC2c2ccc(Cl)cc2)cc1. The fourth-order valence-corrected chi connectivity index (χ4v) is 4.19. The van der Waals surface area contributed by atoms with Crippen LogP contribution in [0, 0.1) is 6.92 Å². The summed E-state index contributed by atoms with van der Waals surface area (Å²) in [4.78, 5) is 2.24. The predicted octanol–water partition coefficient (Wildman–Crippen LogP) is 5.09. The summed E-state index contributed by atoms with van der Waals surface area (Å²) in [7, 11) is 0. The third-order valence-electron chi connectivity index (χ3n) is 3.61. The van der Waals surface area contributed by atoms with Gasteiger partial charge in [0.15, 0.2) is 5.11 Å². The first kappa shape index (κ1) is 15.7. The van der Waals surface area contributed by atoms with Crippen molar-refractivity contribution in [2.24, 2.45) is 0 Å². The number of benzene rings is 2. The van der Waals surface area contributed by atoms with Gasteiger partial charge in [-0.2, -0.15) is 0 Å². The fraction of sp³-hybridized carbons (Fsp3) is 0.235. The van der Waals surface area contributed by atoms with Crippen LogP contribution in [-0.2, 0) is 0 Å². The summed E-state index contributed by atoms with van der Waals surface area (Å²) >= 11 is 13.5. The lowest BCUT2D eigenvalue weighted by Crippen LogP contribution is -2.34. The van der Waals surface area contributed by atoms with Gasteiger partial charge in [0.1, 0.15) is 5.37 Å². The van der Waals surface area contributed by atoms with E-state index in [0.717, 1.165) is 28.1 Å². The molecule has 0 spiro atoms. The van der Waals surface area contributed by atoms with Crippen LogP contribution >= 0.6 is 35.6 Å². The van der Waals surface area contributed by atoms with Crippen LogP contribution in [0.15, 0.2) is 48.5 Å². The minimum Gasteiger partial charge on any atom is -0.333 e. The Bertz CT molecular complexity index is 655. The van der Waals surface area contributed by atoms with Gasteiger partial charge in [-0.25, -0.2) is 0 Å². The Morgan fingerprint density at radius 3 is 2.55 bits per heavy atom. The van der Waals surface area contributed by atoms with Gasteiger partial charge in [0.2, 0.25) is 0 Å². The average molecular weight is 349 g/mol. The lowest BCUT2D eigenvalue weighted by atomic mass is 10.2. The van der Waals surface area contributed by atoms with Crippen molar-refractivity contribution in [1.82, 2.24) is 4.90 Å². The third-order valence-corrected chi connectivity index (χ3v) is 5.46. The van der Waals surface area contributed by atoms with Gasteiger partial charge in [-0.1, -0.05) is 41.4 Å². The Kier molecular flexibility index (Phi) is 4.91. The molecule has 0 bridgehead atoms. The summed E-state index contributed by atoms with van der Waals surface area (Å²) in [5, 5.41) is 5.13. The van der Waals surface area contributed by atoms with E-state index in [2.05, 4.69) is 53.5 Å². The summed E-state index contributed by atoms with van der Waals surface area (Å²) in [6.45, 7) is 3.03. The van der Waals surface area contributed by atoms with Crippen LogP contribution in [0.25, 0.3) is 0 Å². The molecule has 1 heterocycles. The molecule has 2 aromatic carbocycles. The maximum atomic E-state index is 5.98. The van der Waals surface area contributed by atoms with Gasteiger partial charge in [0, 0.05) is 23.0 Å². The van der Waals surface area contributed by atoms with Gasteiger partial charge in [-0.05, 0) is 49.0 Å². The Balaban J connectivity index is 1.73. The summed E-state index contributed by atoms with van der Waals surface area (Å²) in [6.07, 6.45) is 0. The van der Waals surface area contributed by atoms with Crippen molar-refractivity contribution in [1.29, 1.82) is 0 Å². The first-order chi connectivity index (χ1) is 10.6. The van der Waals surface area contributed by atoms with Crippen LogP contribution < -0.4 is 5.32 Å². The number of thioether (sulfide) groups is 1. The standard InChI is InChI=1S/C17H17ClN2S2/c1-12-2-8-15(9-3-12)19-17(21)20-10-11-22-16(20)13-4-6-14(18)7-5-13/h2-9,16H,10-11H2,1H3,(H,19,21). The number of hydrogen-bond acceptors (Lipinski definition) is 2. The van der Waals surface area contributed by atoms with Gasteiger partial charge in [-0.3, -0.25) is 0 Å². The second-order valence-corrected chi connectivity index (χ2v) is 7.28. The minimum absolute atomic E-state index is 0.253. The smallest absolute Gasteiger partial charge is 0.174 e. The Labute approximate surface area is 145 Å². The molecule has 22 heavy (non-hydrogen) atoms. The van der Waals surface area contributed by atoms with Gasteiger partial charge >= 0.3 is 0 Å². The molecule has 1 aliphatic heterocycles. The first-order valence-corrected chi connectivity index (χ1v) is 8.98. The molecule has 1 aliphatic rings. The molecule has 0 aromatic heterocycles. The second kappa shape index (κ2) is 6.90. The highest BCUT2D eigenvalue weighted by atomic mass is 35.5. The van der Waals surface area contributed by atoms with Gasteiger partial charge in [0.05, 0.1) is 0 Å². The summed E-state index contributed by atoms with van der Waals surface area (Å²) in [5.41, 5.74) is 3.51. The highest BCUT2D eigenvalue weighted by Crippen LogP contribution is 2.38. The maximum absolute atomic E-state index is 5.98. The van der Waals surface area contributed by atoms with Crippen molar-refractivity contribution in [2.75, 3.05) is 17.6 Å². The number of halogens is 1. The number of aryl methyl sites for hydroxylation is 1. The van der Waals surface area contributed by atoms with Crippen LogP contribution in [0.3, 0.4) is 0 Å². The molecule has 0 saturated carbocycles. The van der Waals surface area contributed by atoms with E-state index in [1.807, 2.05) is 23.9 Å². The fourth-order valence-electron chi connectivity index (χ4n) is 2.41. The van der Waals surface area contributed by atoms with Crippen molar-refractivity contribution in [2.45, 2.75) is 12.3 Å². The van der Waals surface area contributed by atoms with E-state index in [4.69, 9.17) is 23.8 Å². The van der Waals surface area contributed by atoms with Crippen molar-refractivity contribution < 1.29 is 0 Å². The number of nitrogens with zero attached hydrogens (tertiary/aromatic N) is 1. The molecule has 1 saturated heterocycles. The zero-order chi connectivity index (χ0) is 15.5. The molecule has 2 nitrogen and oxygen atoms in total. The zero-order valence-electron chi connectivity index (χ0n) is 12.3. The van der Waals surface area contributed by atoms with Crippen LogP contribution in [0.5, 0.6) is 0 Å². The molecule has 0 aliphatic carbocycles. The average Bonchev–Trinajstić information content (AvgIpc) is 3.00. The van der Waals surface area contributed by atoms with Crippen LogP contribution in [-0.4, -0.2) is 22.3 Å². The predicted molar refractivity (Wildman–Crippen MR) is 101 cm³/mol. The van der Waals surface area contributed by atoms with E-state index >= 15 is 0 Å². The number of hydrogen-bond donors (Lipinski definition) is 1. The molecule has 2 aromatic rings. The van der Waals surface area contributed by atoms with Gasteiger partial charge < -0.3 is 10.2 Å². The Morgan fingerprint density at radius 2 is 1.86 bits per heavy atom. The summed E-state index contributed by atoms with van der Waals surface area (Å²) in [5.74, 6) is 1.07. The normalized spacial score (nSPS) is 17.5. The van der Waals surface area contributed by atoms with E-state index in [0.29, 0.717) is 0 Å². The van der Waals surface area contributed by atoms with Crippen molar-refractivity contribution in [3.63, 3.8) is 0 Å². The minimum atomic E-state index is 0.253. The number of thiocarbonyl (C=S) groups is 1. The van der Waals surface area contributed by atoms with E-state index < -0.39 is 0 Å². The molecule has 0 amide bonds. The highest BCUT2D eigenvalue weighted by molar-refractivity contribution is 7.99. The second-order valence-electron chi connectivity index (χ2n) is 5.26. The first-order valence-electron chi connectivity index (χ1n) is 7.15. The topological polar surface area (TPSA) is 15.3 Å². The number of anilines is 1. The molecule has 114 valence electrons. The molecule has 1 atom stereocenters. The van der Waals surface area contributed by atoms with Gasteiger partial charge in [0.25, 0.3) is 0 Å². The largest absolute Gasteiger partial charge is 0.333 e. The van der Waals surface area contributed by atoms with E-state index in [-0.39, 0.29) is 5.37 Å².